The normalized spacial score (nSPS) is 10.6. The van der Waals surface area contributed by atoms with E-state index < -0.39 is 0 Å². The number of hydrogen-bond acceptors (Lipinski definition) is 4. The average molecular weight is 306 g/mol. The fourth-order valence-corrected chi connectivity index (χ4v) is 2.57. The van der Waals surface area contributed by atoms with Crippen molar-refractivity contribution >= 4 is 11.6 Å². The third kappa shape index (κ3) is 2.99. The molecule has 0 radical (unpaired) electrons. The molecule has 0 saturated heterocycles. The van der Waals surface area contributed by atoms with Crippen molar-refractivity contribution in [2.45, 2.75) is 20.8 Å². The number of aromatic nitrogens is 3. The van der Waals surface area contributed by atoms with E-state index in [0.717, 1.165) is 28.1 Å². The van der Waals surface area contributed by atoms with Gasteiger partial charge in [-0.3, -0.25) is 4.57 Å². The van der Waals surface area contributed by atoms with Crippen LogP contribution >= 0.6 is 0 Å². The van der Waals surface area contributed by atoms with E-state index in [-0.39, 0.29) is 5.69 Å². The molecule has 0 amide bonds. The predicted molar refractivity (Wildman–Crippen MR) is 91.6 cm³/mol. The Balaban J connectivity index is 1.99. The van der Waals surface area contributed by atoms with Crippen LogP contribution in [0.1, 0.15) is 16.7 Å². The number of nitrogens with one attached hydrogen (secondary N) is 1. The first-order valence-electron chi connectivity index (χ1n) is 7.41. The van der Waals surface area contributed by atoms with Gasteiger partial charge in [-0.25, -0.2) is 9.78 Å². The predicted octanol–water partition coefficient (Wildman–Crippen LogP) is 3.30. The van der Waals surface area contributed by atoms with E-state index in [2.05, 4.69) is 15.3 Å². The molecule has 2 aromatic carbocycles. The molecule has 5 heteroatoms. The minimum Gasteiger partial charge on any atom is -0.324 e. The molecule has 1 N–H and O–H groups in total. The molecule has 0 fully saturated rings. The number of rotatable bonds is 3. The van der Waals surface area contributed by atoms with Gasteiger partial charge in [0.2, 0.25) is 5.95 Å². The van der Waals surface area contributed by atoms with E-state index in [1.165, 1.54) is 10.9 Å². The average Bonchev–Trinajstić information content (AvgIpc) is 2.51. The molecule has 0 aliphatic heterocycles. The van der Waals surface area contributed by atoms with Crippen molar-refractivity contribution < 1.29 is 0 Å². The largest absolute Gasteiger partial charge is 0.356 e. The van der Waals surface area contributed by atoms with Gasteiger partial charge in [-0.2, -0.15) is 4.98 Å². The summed E-state index contributed by atoms with van der Waals surface area (Å²) in [6.07, 6.45) is 1.52. The van der Waals surface area contributed by atoms with Crippen LogP contribution in [-0.4, -0.2) is 14.5 Å². The van der Waals surface area contributed by atoms with Crippen molar-refractivity contribution in [3.63, 3.8) is 0 Å². The van der Waals surface area contributed by atoms with Crippen molar-refractivity contribution in [1.29, 1.82) is 0 Å². The minimum absolute atomic E-state index is 0.298. The zero-order valence-electron chi connectivity index (χ0n) is 13.4. The molecular weight excluding hydrogens is 288 g/mol. The molecule has 0 bridgehead atoms. The zero-order chi connectivity index (χ0) is 16.4. The Morgan fingerprint density at radius 1 is 0.913 bits per heavy atom. The highest BCUT2D eigenvalue weighted by molar-refractivity contribution is 5.57. The van der Waals surface area contributed by atoms with Gasteiger partial charge in [0.05, 0.1) is 5.69 Å². The highest BCUT2D eigenvalue weighted by atomic mass is 16.1. The molecule has 0 saturated carbocycles. The van der Waals surface area contributed by atoms with E-state index in [0.29, 0.717) is 5.95 Å². The second kappa shape index (κ2) is 6.04. The molecule has 3 aromatic rings. The molecule has 5 nitrogen and oxygen atoms in total. The molecule has 0 aliphatic carbocycles. The highest BCUT2D eigenvalue weighted by Crippen LogP contribution is 2.18. The molecule has 23 heavy (non-hydrogen) atoms. The SMILES string of the molecule is Cc1ccccc1Nc1ncn(-c2c(C)cccc2C)c(=O)n1. The van der Waals surface area contributed by atoms with Crippen LogP contribution in [0.2, 0.25) is 0 Å². The third-order valence-corrected chi connectivity index (χ3v) is 3.78. The molecule has 3 rings (SSSR count). The second-order valence-electron chi connectivity index (χ2n) is 5.51. The maximum Gasteiger partial charge on any atom is 0.356 e. The lowest BCUT2D eigenvalue weighted by Gasteiger charge is -2.12. The maximum absolute atomic E-state index is 12.4. The van der Waals surface area contributed by atoms with E-state index in [9.17, 15) is 4.79 Å². The van der Waals surface area contributed by atoms with Crippen molar-refractivity contribution in [2.24, 2.45) is 0 Å². The summed E-state index contributed by atoms with van der Waals surface area (Å²) in [5, 5.41) is 3.09. The smallest absolute Gasteiger partial charge is 0.324 e. The Labute approximate surface area is 134 Å². The Hall–Kier alpha value is -2.95. The number of benzene rings is 2. The van der Waals surface area contributed by atoms with Crippen LogP contribution in [0.4, 0.5) is 11.6 Å². The van der Waals surface area contributed by atoms with E-state index in [1.54, 1.807) is 0 Å². The monoisotopic (exact) mass is 306 g/mol. The van der Waals surface area contributed by atoms with Gasteiger partial charge in [0.25, 0.3) is 0 Å². The highest BCUT2D eigenvalue weighted by Gasteiger charge is 2.09. The topological polar surface area (TPSA) is 59.8 Å². The first kappa shape index (κ1) is 15.0. The van der Waals surface area contributed by atoms with Crippen molar-refractivity contribution in [3.8, 4) is 5.69 Å². The van der Waals surface area contributed by atoms with Crippen LogP contribution < -0.4 is 11.0 Å². The maximum atomic E-state index is 12.4. The Kier molecular flexibility index (Phi) is 3.93. The lowest BCUT2D eigenvalue weighted by molar-refractivity contribution is 0.853. The zero-order valence-corrected chi connectivity index (χ0v) is 13.4. The standard InChI is InChI=1S/C18H18N4O/c1-12-7-4-5-10-15(12)20-17-19-11-22(18(23)21-17)16-13(2)8-6-9-14(16)3/h4-11H,1-3H3,(H,20,21,23). The Bertz CT molecular complexity index is 895. The lowest BCUT2D eigenvalue weighted by Crippen LogP contribution is -2.24. The quantitative estimate of drug-likeness (QED) is 0.806. The van der Waals surface area contributed by atoms with Gasteiger partial charge in [0.1, 0.15) is 6.33 Å². The summed E-state index contributed by atoms with van der Waals surface area (Å²) in [5.41, 5.74) is 4.45. The van der Waals surface area contributed by atoms with Gasteiger partial charge in [0, 0.05) is 5.69 Å². The van der Waals surface area contributed by atoms with Crippen LogP contribution in [0.3, 0.4) is 0 Å². The van der Waals surface area contributed by atoms with E-state index in [1.807, 2.05) is 63.2 Å². The Morgan fingerprint density at radius 3 is 2.22 bits per heavy atom. The second-order valence-corrected chi connectivity index (χ2v) is 5.51. The third-order valence-electron chi connectivity index (χ3n) is 3.78. The van der Waals surface area contributed by atoms with Gasteiger partial charge in [-0.15, -0.1) is 0 Å². The molecule has 0 spiro atoms. The van der Waals surface area contributed by atoms with Crippen LogP contribution in [-0.2, 0) is 0 Å². The number of aryl methyl sites for hydroxylation is 3. The molecule has 0 aliphatic rings. The molecule has 0 atom stereocenters. The summed E-state index contributed by atoms with van der Waals surface area (Å²) in [7, 11) is 0. The van der Waals surface area contributed by atoms with Crippen LogP contribution in [0, 0.1) is 20.8 Å². The number of para-hydroxylation sites is 2. The molecular formula is C18H18N4O. The van der Waals surface area contributed by atoms with E-state index >= 15 is 0 Å². The first-order chi connectivity index (χ1) is 11.1. The first-order valence-corrected chi connectivity index (χ1v) is 7.41. The van der Waals surface area contributed by atoms with Crippen LogP contribution in [0.15, 0.2) is 53.6 Å². The summed E-state index contributed by atoms with van der Waals surface area (Å²) >= 11 is 0. The summed E-state index contributed by atoms with van der Waals surface area (Å²) in [6.45, 7) is 5.92. The number of nitrogens with zero attached hydrogens (tertiary/aromatic N) is 3. The molecule has 0 unspecified atom stereocenters. The van der Waals surface area contributed by atoms with Gasteiger partial charge >= 0.3 is 5.69 Å². The minimum atomic E-state index is -0.353. The summed E-state index contributed by atoms with van der Waals surface area (Å²) < 4.78 is 1.48. The fourth-order valence-electron chi connectivity index (χ4n) is 2.57. The van der Waals surface area contributed by atoms with Gasteiger partial charge < -0.3 is 5.32 Å². The number of anilines is 2. The van der Waals surface area contributed by atoms with Crippen molar-refractivity contribution in [1.82, 2.24) is 14.5 Å². The summed E-state index contributed by atoms with van der Waals surface area (Å²) in [5.74, 6) is 0.298. The number of hydrogen-bond donors (Lipinski definition) is 1. The van der Waals surface area contributed by atoms with Gasteiger partial charge in [-0.05, 0) is 43.5 Å². The fraction of sp³-hybridized carbons (Fsp3) is 0.167. The Morgan fingerprint density at radius 2 is 1.57 bits per heavy atom. The molecule has 1 aromatic heterocycles. The van der Waals surface area contributed by atoms with Crippen molar-refractivity contribution in [3.05, 3.63) is 76.0 Å². The summed E-state index contributed by atoms with van der Waals surface area (Å²) in [6, 6.07) is 13.7. The van der Waals surface area contributed by atoms with E-state index in [4.69, 9.17) is 0 Å². The van der Waals surface area contributed by atoms with Gasteiger partial charge in [0.15, 0.2) is 0 Å². The van der Waals surface area contributed by atoms with Crippen molar-refractivity contribution in [2.75, 3.05) is 5.32 Å². The lowest BCUT2D eigenvalue weighted by atomic mass is 10.1. The summed E-state index contributed by atoms with van der Waals surface area (Å²) in [4.78, 5) is 20.7. The van der Waals surface area contributed by atoms with Gasteiger partial charge in [-0.1, -0.05) is 36.4 Å². The molecule has 1 heterocycles. The molecule has 116 valence electrons. The van der Waals surface area contributed by atoms with Crippen LogP contribution in [0.5, 0.6) is 0 Å². The van der Waals surface area contributed by atoms with Crippen LogP contribution in [0.25, 0.3) is 5.69 Å².